The van der Waals surface area contributed by atoms with Gasteiger partial charge in [0.15, 0.2) is 0 Å². The highest BCUT2D eigenvalue weighted by atomic mass is 16.6. The minimum Gasteiger partial charge on any atom is -0.444 e. The van der Waals surface area contributed by atoms with Gasteiger partial charge in [0.2, 0.25) is 0 Å². The Kier molecular flexibility index (Phi) is 5.82. The van der Waals surface area contributed by atoms with E-state index in [1.807, 2.05) is 77.6 Å². The molecule has 1 aliphatic rings. The van der Waals surface area contributed by atoms with Gasteiger partial charge in [0.1, 0.15) is 11.1 Å². The predicted molar refractivity (Wildman–Crippen MR) is 139 cm³/mol. The zero-order valence-corrected chi connectivity index (χ0v) is 21.3. The molecule has 0 bridgehead atoms. The van der Waals surface area contributed by atoms with E-state index in [0.29, 0.717) is 42.9 Å². The third-order valence-corrected chi connectivity index (χ3v) is 6.16. The lowest BCUT2D eigenvalue weighted by Gasteiger charge is -2.37. The van der Waals surface area contributed by atoms with Crippen molar-refractivity contribution in [3.8, 4) is 0 Å². The standard InChI is InChI=1S/C26H31N7O3/c1-26(2,3)36-25(35)33-12-10-32(11-13-33)22-9-7-19(23-20(22)16-31(5)29-23)24(34)27-18-6-8-21-17(14-18)15-30(4)28-21/h6-9,14-16H,10-13H2,1-5H3,(H,27,34). The Morgan fingerprint density at radius 3 is 2.39 bits per heavy atom. The van der Waals surface area contributed by atoms with Gasteiger partial charge in [-0.25, -0.2) is 4.79 Å². The van der Waals surface area contributed by atoms with E-state index in [-0.39, 0.29) is 12.0 Å². The Bertz CT molecular complexity index is 1460. The lowest BCUT2D eigenvalue weighted by molar-refractivity contribution is 0.0240. The molecule has 0 atom stereocenters. The van der Waals surface area contributed by atoms with Gasteiger partial charge in [0, 0.05) is 74.8 Å². The van der Waals surface area contributed by atoms with Crippen molar-refractivity contribution in [1.82, 2.24) is 24.5 Å². The fourth-order valence-electron chi connectivity index (χ4n) is 4.55. The van der Waals surface area contributed by atoms with Crippen LogP contribution in [0.15, 0.2) is 42.7 Å². The molecule has 1 saturated heterocycles. The summed E-state index contributed by atoms with van der Waals surface area (Å²) in [5.74, 6) is -0.219. The molecule has 1 fully saturated rings. The molecular formula is C26H31N7O3. The van der Waals surface area contributed by atoms with Crippen molar-refractivity contribution < 1.29 is 14.3 Å². The molecule has 0 spiro atoms. The van der Waals surface area contributed by atoms with Gasteiger partial charge in [0.05, 0.1) is 11.1 Å². The summed E-state index contributed by atoms with van der Waals surface area (Å²) in [6, 6.07) is 9.44. The summed E-state index contributed by atoms with van der Waals surface area (Å²) in [5.41, 5.74) is 3.20. The lowest BCUT2D eigenvalue weighted by Crippen LogP contribution is -2.50. The number of aromatic nitrogens is 4. The van der Waals surface area contributed by atoms with Gasteiger partial charge in [0.25, 0.3) is 5.91 Å². The molecule has 5 rings (SSSR count). The van der Waals surface area contributed by atoms with E-state index in [2.05, 4.69) is 20.4 Å². The van der Waals surface area contributed by atoms with Crippen LogP contribution in [-0.4, -0.2) is 68.2 Å². The van der Waals surface area contributed by atoms with E-state index in [0.717, 1.165) is 22.0 Å². The van der Waals surface area contributed by atoms with Crippen LogP contribution in [0.3, 0.4) is 0 Å². The molecule has 0 saturated carbocycles. The van der Waals surface area contributed by atoms with Crippen molar-refractivity contribution in [2.45, 2.75) is 26.4 Å². The Labute approximate surface area is 209 Å². The third kappa shape index (κ3) is 4.71. The molecule has 2 amide bonds. The number of carbonyl (C=O) groups excluding carboxylic acids is 2. The van der Waals surface area contributed by atoms with Crippen LogP contribution in [-0.2, 0) is 18.8 Å². The highest BCUT2D eigenvalue weighted by Gasteiger charge is 2.27. The second-order valence-corrected chi connectivity index (χ2v) is 10.2. The number of carbonyl (C=O) groups is 2. The highest BCUT2D eigenvalue weighted by Crippen LogP contribution is 2.30. The molecule has 0 aliphatic carbocycles. The number of aryl methyl sites for hydroxylation is 2. The van der Waals surface area contributed by atoms with Gasteiger partial charge >= 0.3 is 6.09 Å². The number of amides is 2. The number of rotatable bonds is 3. The van der Waals surface area contributed by atoms with Gasteiger partial charge in [-0.05, 0) is 51.1 Å². The van der Waals surface area contributed by atoms with Gasteiger partial charge in [-0.15, -0.1) is 0 Å². The number of nitrogens with one attached hydrogen (secondary N) is 1. The molecule has 2 aromatic heterocycles. The maximum absolute atomic E-state index is 13.2. The number of piperazine rings is 1. The molecule has 4 aromatic rings. The number of benzene rings is 2. The molecule has 36 heavy (non-hydrogen) atoms. The van der Waals surface area contributed by atoms with Crippen LogP contribution in [0.4, 0.5) is 16.2 Å². The predicted octanol–water partition coefficient (Wildman–Crippen LogP) is 3.77. The van der Waals surface area contributed by atoms with E-state index >= 15 is 0 Å². The molecule has 3 heterocycles. The summed E-state index contributed by atoms with van der Waals surface area (Å²) in [6.45, 7) is 8.07. The number of fused-ring (bicyclic) bond motifs is 2. The van der Waals surface area contributed by atoms with Gasteiger partial charge < -0.3 is 19.9 Å². The first-order valence-electron chi connectivity index (χ1n) is 12.0. The molecule has 0 unspecified atom stereocenters. The fourth-order valence-corrected chi connectivity index (χ4v) is 4.55. The lowest BCUT2D eigenvalue weighted by atomic mass is 10.1. The van der Waals surface area contributed by atoms with E-state index < -0.39 is 5.60 Å². The van der Waals surface area contributed by atoms with E-state index in [1.165, 1.54) is 0 Å². The normalized spacial score (nSPS) is 14.5. The number of anilines is 2. The van der Waals surface area contributed by atoms with Crippen LogP contribution in [0.5, 0.6) is 0 Å². The van der Waals surface area contributed by atoms with Crippen LogP contribution in [0.2, 0.25) is 0 Å². The summed E-state index contributed by atoms with van der Waals surface area (Å²) in [7, 11) is 3.72. The van der Waals surface area contributed by atoms with Gasteiger partial charge in [-0.1, -0.05) is 0 Å². The highest BCUT2D eigenvalue weighted by molar-refractivity contribution is 6.14. The van der Waals surface area contributed by atoms with Crippen molar-refractivity contribution in [2.75, 3.05) is 36.4 Å². The molecule has 1 N–H and O–H groups in total. The van der Waals surface area contributed by atoms with Crippen LogP contribution in [0.25, 0.3) is 21.8 Å². The third-order valence-electron chi connectivity index (χ3n) is 6.16. The SMILES string of the molecule is Cn1cc2cc(NC(=O)c3ccc(N4CCN(C(=O)OC(C)(C)C)CC4)c4cn(C)nc34)ccc2n1. The maximum atomic E-state index is 13.2. The Morgan fingerprint density at radius 1 is 0.944 bits per heavy atom. The quantitative estimate of drug-likeness (QED) is 0.471. The second kappa shape index (κ2) is 8.85. The topological polar surface area (TPSA) is 97.5 Å². The number of ether oxygens (including phenoxy) is 1. The number of hydrogen-bond donors (Lipinski definition) is 1. The van der Waals surface area contributed by atoms with Crippen molar-refractivity contribution >= 4 is 45.2 Å². The van der Waals surface area contributed by atoms with Crippen LogP contribution >= 0.6 is 0 Å². The minimum absolute atomic E-state index is 0.219. The Balaban J connectivity index is 1.35. The van der Waals surface area contributed by atoms with E-state index in [4.69, 9.17) is 4.74 Å². The van der Waals surface area contributed by atoms with Crippen molar-refractivity contribution in [2.24, 2.45) is 14.1 Å². The van der Waals surface area contributed by atoms with Gasteiger partial charge in [-0.2, -0.15) is 10.2 Å². The molecule has 10 heteroatoms. The summed E-state index contributed by atoms with van der Waals surface area (Å²) in [5, 5.41) is 13.8. The maximum Gasteiger partial charge on any atom is 0.410 e. The van der Waals surface area contributed by atoms with Crippen molar-refractivity contribution in [1.29, 1.82) is 0 Å². The van der Waals surface area contributed by atoms with E-state index in [1.54, 1.807) is 14.3 Å². The average Bonchev–Trinajstić information content (AvgIpc) is 3.38. The first kappa shape index (κ1) is 23.7. The van der Waals surface area contributed by atoms with Gasteiger partial charge in [-0.3, -0.25) is 14.2 Å². The largest absolute Gasteiger partial charge is 0.444 e. The molecule has 188 valence electrons. The molecule has 2 aromatic carbocycles. The smallest absolute Gasteiger partial charge is 0.410 e. The molecule has 0 radical (unpaired) electrons. The van der Waals surface area contributed by atoms with Crippen molar-refractivity contribution in [3.63, 3.8) is 0 Å². The Hall–Kier alpha value is -4.08. The first-order chi connectivity index (χ1) is 17.1. The van der Waals surface area contributed by atoms with Crippen LogP contribution in [0.1, 0.15) is 31.1 Å². The Morgan fingerprint density at radius 2 is 1.67 bits per heavy atom. The molecule has 1 aliphatic heterocycles. The number of nitrogens with zero attached hydrogens (tertiary/aromatic N) is 6. The summed E-state index contributed by atoms with van der Waals surface area (Å²) < 4.78 is 8.99. The van der Waals surface area contributed by atoms with Crippen molar-refractivity contribution in [3.05, 3.63) is 48.3 Å². The van der Waals surface area contributed by atoms with Crippen LogP contribution in [0, 0.1) is 0 Å². The fraction of sp³-hybridized carbons (Fsp3) is 0.385. The number of hydrogen-bond acceptors (Lipinski definition) is 6. The summed E-state index contributed by atoms with van der Waals surface area (Å²) >= 11 is 0. The van der Waals surface area contributed by atoms with E-state index in [9.17, 15) is 9.59 Å². The summed E-state index contributed by atoms with van der Waals surface area (Å²) in [6.07, 6.45) is 3.56. The second-order valence-electron chi connectivity index (χ2n) is 10.2. The molecular weight excluding hydrogens is 458 g/mol. The average molecular weight is 490 g/mol. The first-order valence-corrected chi connectivity index (χ1v) is 12.0. The van der Waals surface area contributed by atoms with Crippen LogP contribution < -0.4 is 10.2 Å². The minimum atomic E-state index is -0.518. The monoisotopic (exact) mass is 489 g/mol. The zero-order valence-electron chi connectivity index (χ0n) is 21.3. The summed E-state index contributed by atoms with van der Waals surface area (Å²) in [4.78, 5) is 29.6. The molecule has 10 nitrogen and oxygen atoms in total. The zero-order chi connectivity index (χ0) is 25.6.